The van der Waals surface area contributed by atoms with Gasteiger partial charge in [-0.25, -0.2) is 4.90 Å². The molecule has 152 valence electrons. The van der Waals surface area contributed by atoms with Crippen LogP contribution in [0.4, 0.5) is 5.69 Å². The topological polar surface area (TPSA) is 63.7 Å². The van der Waals surface area contributed by atoms with E-state index in [-0.39, 0.29) is 12.5 Å². The third kappa shape index (κ3) is 3.86. The lowest BCUT2D eigenvalue weighted by Gasteiger charge is -2.45. The molecule has 0 bridgehead atoms. The second kappa shape index (κ2) is 8.11. The molecule has 6 heteroatoms. The van der Waals surface area contributed by atoms with Gasteiger partial charge in [0.2, 0.25) is 11.8 Å². The Morgan fingerprint density at radius 1 is 1.14 bits per heavy atom. The Labute approximate surface area is 179 Å². The standard InChI is InChI=1S/C23H24BrNO4/c1-5-29-21(27)18-19(15-7-6-8-16(24)13-15)23(3,4)22(28)25(20(18)26)17-11-9-14(2)10-12-17/h6-13,18-19H,5H2,1-4H3. The summed E-state index contributed by atoms with van der Waals surface area (Å²) in [5, 5.41) is 0. The number of imide groups is 1. The number of aryl methyl sites for hydroxylation is 1. The molecule has 0 aromatic heterocycles. The molecule has 0 saturated carbocycles. The minimum Gasteiger partial charge on any atom is -0.465 e. The molecule has 2 aromatic rings. The average molecular weight is 458 g/mol. The second-order valence-electron chi connectivity index (χ2n) is 7.80. The highest BCUT2D eigenvalue weighted by molar-refractivity contribution is 9.10. The molecule has 2 aromatic carbocycles. The molecule has 2 atom stereocenters. The van der Waals surface area contributed by atoms with E-state index in [1.165, 1.54) is 0 Å². The maximum atomic E-state index is 13.5. The van der Waals surface area contributed by atoms with E-state index in [1.54, 1.807) is 32.9 Å². The van der Waals surface area contributed by atoms with Crippen molar-refractivity contribution in [3.63, 3.8) is 0 Å². The van der Waals surface area contributed by atoms with Gasteiger partial charge in [0.05, 0.1) is 17.7 Å². The van der Waals surface area contributed by atoms with Crippen molar-refractivity contribution in [1.29, 1.82) is 0 Å². The first kappa shape index (κ1) is 21.2. The van der Waals surface area contributed by atoms with Gasteiger partial charge in [-0.15, -0.1) is 0 Å². The molecule has 1 fully saturated rings. The summed E-state index contributed by atoms with van der Waals surface area (Å²) >= 11 is 3.44. The summed E-state index contributed by atoms with van der Waals surface area (Å²) in [5.74, 6) is -3.25. The van der Waals surface area contributed by atoms with E-state index in [0.717, 1.165) is 20.5 Å². The molecule has 1 aliphatic rings. The van der Waals surface area contributed by atoms with Gasteiger partial charge in [-0.05, 0) is 43.7 Å². The summed E-state index contributed by atoms with van der Waals surface area (Å²) in [7, 11) is 0. The number of hydrogen-bond acceptors (Lipinski definition) is 4. The summed E-state index contributed by atoms with van der Waals surface area (Å²) in [6.45, 7) is 7.35. The van der Waals surface area contributed by atoms with Crippen molar-refractivity contribution >= 4 is 39.4 Å². The molecular weight excluding hydrogens is 434 g/mol. The van der Waals surface area contributed by atoms with Gasteiger partial charge in [-0.1, -0.05) is 59.6 Å². The fourth-order valence-corrected chi connectivity index (χ4v) is 4.35. The molecule has 0 spiro atoms. The Bertz CT molecular complexity index is 952. The number of rotatable bonds is 4. The van der Waals surface area contributed by atoms with E-state index in [1.807, 2.05) is 43.3 Å². The Balaban J connectivity index is 2.17. The van der Waals surface area contributed by atoms with Gasteiger partial charge in [0.25, 0.3) is 0 Å². The molecule has 2 unspecified atom stereocenters. The predicted octanol–water partition coefficient (Wildman–Crippen LogP) is 4.62. The number of esters is 1. The van der Waals surface area contributed by atoms with Crippen LogP contribution >= 0.6 is 15.9 Å². The lowest BCUT2D eigenvalue weighted by atomic mass is 9.64. The van der Waals surface area contributed by atoms with Crippen LogP contribution in [0.15, 0.2) is 53.0 Å². The van der Waals surface area contributed by atoms with E-state index in [4.69, 9.17) is 4.74 Å². The molecule has 1 saturated heterocycles. The summed E-state index contributed by atoms with van der Waals surface area (Å²) in [5.41, 5.74) is 1.21. The van der Waals surface area contributed by atoms with Crippen LogP contribution in [0.3, 0.4) is 0 Å². The Kier molecular flexibility index (Phi) is 5.94. The monoisotopic (exact) mass is 457 g/mol. The number of nitrogens with zero attached hydrogens (tertiary/aromatic N) is 1. The van der Waals surface area contributed by atoms with Crippen molar-refractivity contribution in [3.8, 4) is 0 Å². The number of piperidine rings is 1. The molecule has 0 aliphatic carbocycles. The first-order valence-corrected chi connectivity index (χ1v) is 10.3. The van der Waals surface area contributed by atoms with Crippen molar-refractivity contribution in [1.82, 2.24) is 0 Å². The van der Waals surface area contributed by atoms with Gasteiger partial charge in [-0.2, -0.15) is 0 Å². The SMILES string of the molecule is CCOC(=O)C1C(=O)N(c2ccc(C)cc2)C(=O)C(C)(C)C1c1cccc(Br)c1. The number of carbonyl (C=O) groups excluding carboxylic acids is 3. The minimum absolute atomic E-state index is 0.159. The number of anilines is 1. The van der Waals surface area contributed by atoms with Crippen molar-refractivity contribution < 1.29 is 19.1 Å². The third-order valence-electron chi connectivity index (χ3n) is 5.39. The van der Waals surface area contributed by atoms with Gasteiger partial charge in [0.1, 0.15) is 5.92 Å². The number of carbonyl (C=O) groups is 3. The smallest absolute Gasteiger partial charge is 0.319 e. The molecule has 3 rings (SSSR count). The van der Waals surface area contributed by atoms with E-state index >= 15 is 0 Å². The minimum atomic E-state index is -1.11. The van der Waals surface area contributed by atoms with Crippen LogP contribution in [-0.4, -0.2) is 24.4 Å². The molecule has 29 heavy (non-hydrogen) atoms. The summed E-state index contributed by atoms with van der Waals surface area (Å²) < 4.78 is 6.07. The maximum absolute atomic E-state index is 13.5. The summed E-state index contributed by atoms with van der Waals surface area (Å²) in [4.78, 5) is 41.0. The molecule has 1 heterocycles. The van der Waals surface area contributed by atoms with Crippen LogP contribution in [0.25, 0.3) is 0 Å². The average Bonchev–Trinajstić information content (AvgIpc) is 2.66. The zero-order valence-corrected chi connectivity index (χ0v) is 18.5. The summed E-state index contributed by atoms with van der Waals surface area (Å²) in [6.07, 6.45) is 0. The van der Waals surface area contributed by atoms with Crippen molar-refractivity contribution in [2.24, 2.45) is 11.3 Å². The first-order chi connectivity index (χ1) is 13.7. The molecule has 0 radical (unpaired) electrons. The van der Waals surface area contributed by atoms with E-state index in [2.05, 4.69) is 15.9 Å². The molecule has 2 amide bonds. The normalized spacial score (nSPS) is 21.2. The van der Waals surface area contributed by atoms with Crippen LogP contribution < -0.4 is 4.90 Å². The van der Waals surface area contributed by atoms with Crippen LogP contribution in [0.1, 0.15) is 37.8 Å². The highest BCUT2D eigenvalue weighted by Gasteiger charge is 2.57. The Hall–Kier alpha value is -2.47. The molecule has 5 nitrogen and oxygen atoms in total. The van der Waals surface area contributed by atoms with Gasteiger partial charge in [-0.3, -0.25) is 14.4 Å². The van der Waals surface area contributed by atoms with Gasteiger partial charge < -0.3 is 4.74 Å². The Morgan fingerprint density at radius 3 is 2.38 bits per heavy atom. The van der Waals surface area contributed by atoms with E-state index < -0.39 is 29.1 Å². The van der Waals surface area contributed by atoms with Crippen LogP contribution in [0.2, 0.25) is 0 Å². The van der Waals surface area contributed by atoms with Crippen molar-refractivity contribution in [2.75, 3.05) is 11.5 Å². The van der Waals surface area contributed by atoms with Crippen LogP contribution in [-0.2, 0) is 19.1 Å². The number of benzene rings is 2. The van der Waals surface area contributed by atoms with Crippen LogP contribution in [0, 0.1) is 18.3 Å². The largest absolute Gasteiger partial charge is 0.465 e. The summed E-state index contributed by atoms with van der Waals surface area (Å²) in [6, 6.07) is 14.5. The fourth-order valence-electron chi connectivity index (χ4n) is 3.94. The highest BCUT2D eigenvalue weighted by Crippen LogP contribution is 2.48. The lowest BCUT2D eigenvalue weighted by Crippen LogP contribution is -2.59. The first-order valence-electron chi connectivity index (χ1n) is 9.55. The highest BCUT2D eigenvalue weighted by atomic mass is 79.9. The van der Waals surface area contributed by atoms with Crippen molar-refractivity contribution in [2.45, 2.75) is 33.6 Å². The Morgan fingerprint density at radius 2 is 1.79 bits per heavy atom. The zero-order valence-electron chi connectivity index (χ0n) is 16.9. The molecular formula is C23H24BrNO4. The van der Waals surface area contributed by atoms with E-state index in [9.17, 15) is 14.4 Å². The third-order valence-corrected chi connectivity index (χ3v) is 5.89. The molecule has 0 N–H and O–H groups in total. The van der Waals surface area contributed by atoms with Crippen LogP contribution in [0.5, 0.6) is 0 Å². The lowest BCUT2D eigenvalue weighted by molar-refractivity contribution is -0.158. The molecule has 1 aliphatic heterocycles. The number of ether oxygens (including phenoxy) is 1. The number of halogens is 1. The quantitative estimate of drug-likeness (QED) is 0.381. The maximum Gasteiger partial charge on any atom is 0.319 e. The van der Waals surface area contributed by atoms with Crippen molar-refractivity contribution in [3.05, 3.63) is 64.1 Å². The second-order valence-corrected chi connectivity index (χ2v) is 8.71. The van der Waals surface area contributed by atoms with Gasteiger partial charge in [0.15, 0.2) is 0 Å². The fraction of sp³-hybridized carbons (Fsp3) is 0.348. The predicted molar refractivity (Wildman–Crippen MR) is 114 cm³/mol. The van der Waals surface area contributed by atoms with E-state index in [0.29, 0.717) is 5.69 Å². The zero-order chi connectivity index (χ0) is 21.3. The van der Waals surface area contributed by atoms with Gasteiger partial charge >= 0.3 is 5.97 Å². The number of hydrogen-bond donors (Lipinski definition) is 0. The number of amides is 2. The van der Waals surface area contributed by atoms with Gasteiger partial charge in [0, 0.05) is 10.4 Å².